The molecule has 2 saturated carbocycles. The number of fused-ring (bicyclic) bond motifs is 2. The minimum Gasteiger partial charge on any atom is -0.493 e. The second-order valence-electron chi connectivity index (χ2n) is 12.9. The third-order valence-electron chi connectivity index (χ3n) is 8.85. The van der Waals surface area contributed by atoms with Gasteiger partial charge >= 0.3 is 5.69 Å². The van der Waals surface area contributed by atoms with E-state index < -0.39 is 5.69 Å². The summed E-state index contributed by atoms with van der Waals surface area (Å²) in [5.74, 6) is 0.628. The average Bonchev–Trinajstić information content (AvgIpc) is 4.06. The summed E-state index contributed by atoms with van der Waals surface area (Å²) < 4.78 is 3.38. The van der Waals surface area contributed by atoms with Crippen molar-refractivity contribution in [2.24, 2.45) is 16.5 Å². The summed E-state index contributed by atoms with van der Waals surface area (Å²) in [6, 6.07) is 20.6. The number of aromatic nitrogens is 8. The summed E-state index contributed by atoms with van der Waals surface area (Å²) in [6.45, 7) is 0.927. The highest BCUT2D eigenvalue weighted by atomic mass is 16.3. The molecule has 2 fully saturated rings. The molecule has 0 aliphatic heterocycles. The second-order valence-corrected chi connectivity index (χ2v) is 12.9. The smallest absolute Gasteiger partial charge is 0.326 e. The first-order valence-corrected chi connectivity index (χ1v) is 17.0. The minimum absolute atomic E-state index is 0.232. The number of aromatic amines is 2. The molecule has 0 saturated heterocycles. The monoisotopic (exact) mass is 696 g/mol. The Morgan fingerprint density at radius 3 is 2.15 bits per heavy atom. The Hall–Kier alpha value is -6.45. The molecule has 0 atom stereocenters. The van der Waals surface area contributed by atoms with Crippen LogP contribution >= 0.6 is 0 Å². The van der Waals surface area contributed by atoms with E-state index in [1.165, 1.54) is 0 Å². The Kier molecular flexibility index (Phi) is 8.62. The molecule has 0 amide bonds. The predicted molar refractivity (Wildman–Crippen MR) is 195 cm³/mol. The van der Waals surface area contributed by atoms with Crippen molar-refractivity contribution >= 4 is 29.5 Å². The highest BCUT2D eigenvalue weighted by Gasteiger charge is 2.23. The predicted octanol–water partition coefficient (Wildman–Crippen LogP) is 2.43. The normalized spacial score (nSPS) is 14.9. The van der Waals surface area contributed by atoms with E-state index in [-0.39, 0.29) is 11.6 Å². The third kappa shape index (κ3) is 6.82. The number of rotatable bonds is 9. The molecule has 7 aromatic rings. The van der Waals surface area contributed by atoms with E-state index in [1.807, 2.05) is 60.7 Å². The van der Waals surface area contributed by atoms with Crippen molar-refractivity contribution in [1.82, 2.24) is 39.2 Å². The fraction of sp³-hybridized carbons (Fsp3) is 0.216. The van der Waals surface area contributed by atoms with Gasteiger partial charge in [0, 0.05) is 47.6 Å². The lowest BCUT2D eigenvalue weighted by atomic mass is 10.1. The Morgan fingerprint density at radius 1 is 0.865 bits per heavy atom. The van der Waals surface area contributed by atoms with Crippen LogP contribution in [0.3, 0.4) is 0 Å². The zero-order valence-corrected chi connectivity index (χ0v) is 28.0. The van der Waals surface area contributed by atoms with Crippen molar-refractivity contribution < 1.29 is 9.90 Å². The highest BCUT2D eigenvalue weighted by Crippen LogP contribution is 2.29. The molecule has 0 bridgehead atoms. The molecule has 2 aliphatic carbocycles. The van der Waals surface area contributed by atoms with Gasteiger partial charge in [-0.3, -0.25) is 14.8 Å². The topological polar surface area (TPSA) is 223 Å². The number of hydrogen-bond acceptors (Lipinski definition) is 11. The third-order valence-corrected chi connectivity index (χ3v) is 8.85. The summed E-state index contributed by atoms with van der Waals surface area (Å²) >= 11 is 0. The molecular weight excluding hydrogens is 660 g/mol. The standard InChI is InChI=1S/C20H19N7O2.C17H17N5O/c21-9-11-2-1-3-12(6-11)15-8-17(23-14-4-5-14)27-18(24-15)13(10-22-27)7-16-19(28)26-20(29)25-16;18-8-11-2-1-3-12(6-11)15-7-16(20-14-4-5-14)22-17(21-15)13(10-23)9-19-22/h1-3,6-8,10,14,28H,4-5,9,21H2,(H2,25,26,29);1-3,6-7,9-10,14,20H,4-5,8,18H2. The molecular formula is C37H36N12O3. The first-order chi connectivity index (χ1) is 25.4. The zero-order chi connectivity index (χ0) is 35.8. The van der Waals surface area contributed by atoms with Crippen molar-refractivity contribution in [2.75, 3.05) is 5.32 Å². The first kappa shape index (κ1) is 32.7. The van der Waals surface area contributed by atoms with Gasteiger partial charge in [-0.25, -0.2) is 14.8 Å². The minimum atomic E-state index is -0.484. The molecule has 2 aliphatic rings. The number of nitrogens with one attached hydrogen (secondary N) is 3. The number of imidazole rings is 1. The molecule has 0 spiro atoms. The van der Waals surface area contributed by atoms with Gasteiger partial charge in [-0.1, -0.05) is 36.4 Å². The van der Waals surface area contributed by atoms with Gasteiger partial charge in [0.25, 0.3) is 0 Å². The average molecular weight is 697 g/mol. The molecule has 15 heteroatoms. The molecule has 5 aromatic heterocycles. The Labute approximate surface area is 295 Å². The summed E-state index contributed by atoms with van der Waals surface area (Å²) in [5, 5.41) is 22.7. The number of benzene rings is 2. The van der Waals surface area contributed by atoms with Crippen LogP contribution in [0.25, 0.3) is 39.9 Å². The SMILES string of the molecule is NCc1cccc(-c2cc(=NC3CC3)n3ncc(=Cc4[nH]c(=O)[nH]c4O)c3n2)c1.NCc1cccc(-c2cc(NC3CC3)n3ncc(C=O)c3n2)c1. The lowest BCUT2D eigenvalue weighted by Gasteiger charge is -2.10. The number of carbonyl (C=O) groups excluding carboxylic acids is 1. The lowest BCUT2D eigenvalue weighted by molar-refractivity contribution is 0.112. The molecule has 0 radical (unpaired) electrons. The van der Waals surface area contributed by atoms with Crippen LogP contribution in [0, 0.1) is 0 Å². The van der Waals surface area contributed by atoms with Gasteiger partial charge in [0.15, 0.2) is 23.1 Å². The molecule has 0 unspecified atom stereocenters. The van der Waals surface area contributed by atoms with E-state index in [2.05, 4.69) is 30.5 Å². The van der Waals surface area contributed by atoms with E-state index in [0.29, 0.717) is 47.2 Å². The van der Waals surface area contributed by atoms with E-state index in [0.717, 1.165) is 76.9 Å². The molecule has 8 N–H and O–H groups in total. The molecule has 262 valence electrons. The fourth-order valence-corrected chi connectivity index (χ4v) is 5.81. The van der Waals surface area contributed by atoms with Crippen LogP contribution < -0.4 is 33.2 Å². The van der Waals surface area contributed by atoms with Gasteiger partial charge < -0.3 is 26.9 Å². The Bertz CT molecular complexity index is 2630. The van der Waals surface area contributed by atoms with Crippen LogP contribution in [0.1, 0.15) is 52.9 Å². The first-order valence-electron chi connectivity index (χ1n) is 17.0. The number of hydrogen-bond donors (Lipinski definition) is 6. The lowest BCUT2D eigenvalue weighted by Crippen LogP contribution is -2.19. The quantitative estimate of drug-likeness (QED) is 0.121. The van der Waals surface area contributed by atoms with E-state index in [9.17, 15) is 14.7 Å². The highest BCUT2D eigenvalue weighted by molar-refractivity contribution is 5.85. The number of aldehydes is 1. The number of nitrogens with zero attached hydrogens (tertiary/aromatic N) is 7. The van der Waals surface area contributed by atoms with Gasteiger partial charge in [0.1, 0.15) is 11.5 Å². The Balaban J connectivity index is 0.000000153. The molecule has 15 nitrogen and oxygen atoms in total. The maximum absolute atomic E-state index is 11.4. The van der Waals surface area contributed by atoms with Crippen LogP contribution in [-0.2, 0) is 13.1 Å². The zero-order valence-electron chi connectivity index (χ0n) is 28.0. The molecule has 5 heterocycles. The van der Waals surface area contributed by atoms with Crippen LogP contribution in [0.2, 0.25) is 0 Å². The van der Waals surface area contributed by atoms with Crippen molar-refractivity contribution in [3.05, 3.63) is 117 Å². The van der Waals surface area contributed by atoms with E-state index in [4.69, 9.17) is 21.4 Å². The molecule has 9 rings (SSSR count). The molecule has 52 heavy (non-hydrogen) atoms. The number of H-pyrrole nitrogens is 2. The largest absolute Gasteiger partial charge is 0.493 e. The van der Waals surface area contributed by atoms with E-state index in [1.54, 1.807) is 27.5 Å². The number of carbonyl (C=O) groups is 1. The molecule has 2 aromatic carbocycles. The fourth-order valence-electron chi connectivity index (χ4n) is 5.81. The van der Waals surface area contributed by atoms with Gasteiger partial charge in [0.05, 0.1) is 35.4 Å². The Morgan fingerprint density at radius 2 is 1.54 bits per heavy atom. The van der Waals surface area contributed by atoms with Gasteiger partial charge in [0.2, 0.25) is 5.88 Å². The van der Waals surface area contributed by atoms with Gasteiger partial charge in [-0.2, -0.15) is 19.2 Å². The van der Waals surface area contributed by atoms with Gasteiger partial charge in [-0.15, -0.1) is 0 Å². The number of nitrogens with two attached hydrogens (primary N) is 2. The summed E-state index contributed by atoms with van der Waals surface area (Å²) in [5.41, 5.74) is 19.2. The maximum atomic E-state index is 11.4. The van der Waals surface area contributed by atoms with E-state index >= 15 is 0 Å². The number of aromatic hydroxyl groups is 1. The summed E-state index contributed by atoms with van der Waals surface area (Å²) in [6.07, 6.45) is 10.1. The number of anilines is 1. The van der Waals surface area contributed by atoms with Crippen molar-refractivity contribution in [3.63, 3.8) is 0 Å². The van der Waals surface area contributed by atoms with Crippen molar-refractivity contribution in [1.29, 1.82) is 0 Å². The van der Waals surface area contributed by atoms with Crippen LogP contribution in [0.15, 0.2) is 82.8 Å². The van der Waals surface area contributed by atoms with Crippen LogP contribution in [0.5, 0.6) is 5.88 Å². The summed E-state index contributed by atoms with van der Waals surface area (Å²) in [7, 11) is 0. The van der Waals surface area contributed by atoms with Crippen LogP contribution in [-0.4, -0.2) is 62.6 Å². The maximum Gasteiger partial charge on any atom is 0.326 e. The van der Waals surface area contributed by atoms with Crippen LogP contribution in [0.4, 0.5) is 5.82 Å². The van der Waals surface area contributed by atoms with Crippen molar-refractivity contribution in [2.45, 2.75) is 50.9 Å². The summed E-state index contributed by atoms with van der Waals surface area (Å²) in [4.78, 5) is 41.7. The second kappa shape index (κ2) is 13.7. The van der Waals surface area contributed by atoms with Gasteiger partial charge in [-0.05, 0) is 55.0 Å². The van der Waals surface area contributed by atoms with Crippen molar-refractivity contribution in [3.8, 4) is 28.4 Å².